The van der Waals surface area contributed by atoms with Crippen LogP contribution < -0.4 is 5.73 Å². The molecule has 1 aromatic carbocycles. The van der Waals surface area contributed by atoms with Crippen LogP contribution in [0.3, 0.4) is 0 Å². The van der Waals surface area contributed by atoms with Crippen molar-refractivity contribution in [3.05, 3.63) is 35.1 Å². The zero-order valence-electron chi connectivity index (χ0n) is 9.79. The average molecular weight is 284 g/mol. The van der Waals surface area contributed by atoms with Gasteiger partial charge in [0.05, 0.1) is 5.75 Å². The van der Waals surface area contributed by atoms with Gasteiger partial charge in [0.15, 0.2) is 5.82 Å². The summed E-state index contributed by atoms with van der Waals surface area (Å²) in [5.41, 5.74) is 5.47. The van der Waals surface area contributed by atoms with Crippen LogP contribution in [-0.4, -0.2) is 26.8 Å². The summed E-state index contributed by atoms with van der Waals surface area (Å²) in [4.78, 5) is 1.15. The van der Waals surface area contributed by atoms with E-state index >= 15 is 0 Å². The van der Waals surface area contributed by atoms with Gasteiger partial charge >= 0.3 is 0 Å². The van der Waals surface area contributed by atoms with Crippen LogP contribution >= 0.6 is 23.4 Å². The molecule has 0 saturated carbocycles. The lowest BCUT2D eigenvalue weighted by Crippen LogP contribution is -2.09. The Hall–Kier alpha value is -1.11. The van der Waals surface area contributed by atoms with Gasteiger partial charge in [-0.25, -0.2) is 4.68 Å². The first kappa shape index (κ1) is 13.3. The third-order valence-corrected chi connectivity index (χ3v) is 3.62. The Morgan fingerprint density at radius 3 is 2.78 bits per heavy atom. The van der Waals surface area contributed by atoms with Crippen molar-refractivity contribution in [3.63, 3.8) is 0 Å². The molecule has 0 atom stereocenters. The number of halogens is 1. The van der Waals surface area contributed by atoms with Crippen molar-refractivity contribution in [3.8, 4) is 0 Å². The maximum atomic E-state index is 5.84. The Labute approximate surface area is 115 Å². The smallest absolute Gasteiger partial charge is 0.161 e. The lowest BCUT2D eigenvalue weighted by molar-refractivity contribution is 0.551. The van der Waals surface area contributed by atoms with Crippen LogP contribution in [0.5, 0.6) is 0 Å². The number of benzene rings is 1. The highest BCUT2D eigenvalue weighted by molar-refractivity contribution is 7.98. The van der Waals surface area contributed by atoms with Crippen molar-refractivity contribution in [2.45, 2.75) is 23.6 Å². The number of nitrogens with two attached hydrogens (primary N) is 1. The third-order valence-electron chi connectivity index (χ3n) is 2.36. The maximum absolute atomic E-state index is 5.84. The molecule has 0 unspecified atom stereocenters. The molecular weight excluding hydrogens is 270 g/mol. The number of thioether (sulfide) groups is 1. The number of rotatable bonds is 6. The van der Waals surface area contributed by atoms with Crippen LogP contribution in [0.25, 0.3) is 0 Å². The fraction of sp³-hybridized carbons (Fsp3) is 0.364. The summed E-state index contributed by atoms with van der Waals surface area (Å²) < 4.78 is 1.80. The molecule has 0 aliphatic carbocycles. The summed E-state index contributed by atoms with van der Waals surface area (Å²) >= 11 is 7.52. The van der Waals surface area contributed by atoms with Crippen LogP contribution in [0.15, 0.2) is 29.2 Å². The predicted molar refractivity (Wildman–Crippen MR) is 72.5 cm³/mol. The van der Waals surface area contributed by atoms with E-state index in [-0.39, 0.29) is 0 Å². The topological polar surface area (TPSA) is 69.6 Å². The van der Waals surface area contributed by atoms with Gasteiger partial charge in [-0.05, 0) is 47.7 Å². The van der Waals surface area contributed by atoms with Crippen LogP contribution in [0.4, 0.5) is 0 Å². The monoisotopic (exact) mass is 283 g/mol. The first-order chi connectivity index (χ1) is 8.79. The Bertz CT molecular complexity index is 484. The maximum Gasteiger partial charge on any atom is 0.161 e. The highest BCUT2D eigenvalue weighted by Gasteiger charge is 2.06. The zero-order chi connectivity index (χ0) is 12.8. The molecule has 2 N–H and O–H groups in total. The molecule has 2 rings (SSSR count). The Morgan fingerprint density at radius 2 is 2.06 bits per heavy atom. The second-order valence-electron chi connectivity index (χ2n) is 3.70. The Morgan fingerprint density at radius 1 is 1.28 bits per heavy atom. The van der Waals surface area contributed by atoms with E-state index < -0.39 is 0 Å². The molecule has 0 spiro atoms. The standard InChI is InChI=1S/C11H14ClN5S/c12-9-2-4-10(5-3-9)18-8-11-14-15-16-17(11)7-1-6-13/h2-5H,1,6-8,13H2. The van der Waals surface area contributed by atoms with Crippen LogP contribution in [0, 0.1) is 0 Å². The molecule has 1 aromatic heterocycles. The molecule has 0 aliphatic heterocycles. The SMILES string of the molecule is NCCCn1nnnc1CSc1ccc(Cl)cc1. The lowest BCUT2D eigenvalue weighted by atomic mass is 10.4. The number of hydrogen-bond acceptors (Lipinski definition) is 5. The molecule has 0 saturated heterocycles. The summed E-state index contributed by atoms with van der Waals surface area (Å²) in [6.07, 6.45) is 0.879. The lowest BCUT2D eigenvalue weighted by Gasteiger charge is -2.03. The molecule has 18 heavy (non-hydrogen) atoms. The van der Waals surface area contributed by atoms with Crippen molar-refractivity contribution >= 4 is 23.4 Å². The fourth-order valence-electron chi connectivity index (χ4n) is 1.42. The van der Waals surface area contributed by atoms with Gasteiger partial charge < -0.3 is 5.73 Å². The molecule has 7 heteroatoms. The first-order valence-corrected chi connectivity index (χ1v) is 6.99. The van der Waals surface area contributed by atoms with E-state index in [4.69, 9.17) is 17.3 Å². The predicted octanol–water partition coefficient (Wildman–Crippen LogP) is 1.97. The second-order valence-corrected chi connectivity index (χ2v) is 5.19. The van der Waals surface area contributed by atoms with E-state index in [0.29, 0.717) is 6.54 Å². The van der Waals surface area contributed by atoms with Crippen molar-refractivity contribution in [2.24, 2.45) is 5.73 Å². The number of aromatic nitrogens is 4. The van der Waals surface area contributed by atoms with Gasteiger partial charge in [-0.15, -0.1) is 16.9 Å². The number of tetrazole rings is 1. The van der Waals surface area contributed by atoms with Gasteiger partial charge in [-0.1, -0.05) is 11.6 Å². The fourth-order valence-corrected chi connectivity index (χ4v) is 2.38. The number of hydrogen-bond donors (Lipinski definition) is 1. The van der Waals surface area contributed by atoms with Gasteiger partial charge in [-0.3, -0.25) is 0 Å². The molecule has 96 valence electrons. The molecule has 1 heterocycles. The van der Waals surface area contributed by atoms with Crippen LogP contribution in [0.2, 0.25) is 5.02 Å². The highest BCUT2D eigenvalue weighted by atomic mass is 35.5. The van der Waals surface area contributed by atoms with Gasteiger partial charge in [0.25, 0.3) is 0 Å². The van der Waals surface area contributed by atoms with E-state index in [1.165, 1.54) is 0 Å². The van der Waals surface area contributed by atoms with Gasteiger partial charge in [0.2, 0.25) is 0 Å². The first-order valence-electron chi connectivity index (χ1n) is 5.63. The molecule has 0 bridgehead atoms. The molecule has 0 amide bonds. The largest absolute Gasteiger partial charge is 0.330 e. The summed E-state index contributed by atoms with van der Waals surface area (Å²) in [7, 11) is 0. The summed E-state index contributed by atoms with van der Waals surface area (Å²) in [6, 6.07) is 7.73. The normalized spacial score (nSPS) is 10.8. The average Bonchev–Trinajstić information content (AvgIpc) is 2.83. The molecule has 0 aliphatic rings. The van der Waals surface area contributed by atoms with E-state index in [1.807, 2.05) is 24.3 Å². The minimum atomic E-state index is 0.642. The Balaban J connectivity index is 1.93. The summed E-state index contributed by atoms with van der Waals surface area (Å²) in [5, 5.41) is 12.4. The third kappa shape index (κ3) is 3.69. The van der Waals surface area contributed by atoms with Gasteiger partial charge in [0, 0.05) is 16.5 Å². The van der Waals surface area contributed by atoms with Crippen molar-refractivity contribution in [1.82, 2.24) is 20.2 Å². The van der Waals surface area contributed by atoms with E-state index in [1.54, 1.807) is 16.4 Å². The van der Waals surface area contributed by atoms with E-state index in [0.717, 1.165) is 34.5 Å². The number of aryl methyl sites for hydroxylation is 1. The van der Waals surface area contributed by atoms with Crippen molar-refractivity contribution < 1.29 is 0 Å². The molecule has 2 aromatic rings. The molecule has 5 nitrogen and oxygen atoms in total. The van der Waals surface area contributed by atoms with Crippen molar-refractivity contribution in [2.75, 3.05) is 6.54 Å². The molecular formula is C11H14ClN5S. The summed E-state index contributed by atoms with van der Waals surface area (Å²) in [6.45, 7) is 1.41. The summed E-state index contributed by atoms with van der Waals surface area (Å²) in [5.74, 6) is 1.60. The van der Waals surface area contributed by atoms with Crippen molar-refractivity contribution in [1.29, 1.82) is 0 Å². The Kier molecular flexibility index (Phi) is 4.98. The van der Waals surface area contributed by atoms with Crippen LogP contribution in [-0.2, 0) is 12.3 Å². The minimum absolute atomic E-state index is 0.642. The molecule has 0 fully saturated rings. The van der Waals surface area contributed by atoms with Gasteiger partial charge in [-0.2, -0.15) is 0 Å². The number of nitrogens with zero attached hydrogens (tertiary/aromatic N) is 4. The van der Waals surface area contributed by atoms with Gasteiger partial charge in [0.1, 0.15) is 0 Å². The van der Waals surface area contributed by atoms with Crippen LogP contribution in [0.1, 0.15) is 12.2 Å². The quantitative estimate of drug-likeness (QED) is 0.821. The van der Waals surface area contributed by atoms with E-state index in [9.17, 15) is 0 Å². The van der Waals surface area contributed by atoms with E-state index in [2.05, 4.69) is 15.5 Å². The highest BCUT2D eigenvalue weighted by Crippen LogP contribution is 2.23. The zero-order valence-corrected chi connectivity index (χ0v) is 11.4. The molecule has 0 radical (unpaired) electrons. The minimum Gasteiger partial charge on any atom is -0.330 e. The second kappa shape index (κ2) is 6.72.